The summed E-state index contributed by atoms with van der Waals surface area (Å²) < 4.78 is 35.1. The van der Waals surface area contributed by atoms with Gasteiger partial charge < -0.3 is 10.5 Å². The standard InChI is InChI=1S/C22H27F2N5O/c1-14(2)15-8-6-7-9-16(15)19-20(26-12-17(25)27-19)29-11-10-18(28-29)30-13-22(23,24)21(3,4)5/h6-12,14H,13H2,1-5H3,(H2,25,27). The second-order valence-electron chi connectivity index (χ2n) is 8.55. The monoisotopic (exact) mass is 415 g/mol. The summed E-state index contributed by atoms with van der Waals surface area (Å²) >= 11 is 0. The Morgan fingerprint density at radius 2 is 1.83 bits per heavy atom. The zero-order chi connectivity index (χ0) is 22.1. The normalized spacial score (nSPS) is 12.4. The lowest BCUT2D eigenvalue weighted by atomic mass is 9.88. The van der Waals surface area contributed by atoms with Crippen molar-refractivity contribution < 1.29 is 13.5 Å². The third kappa shape index (κ3) is 4.42. The van der Waals surface area contributed by atoms with Crippen LogP contribution in [-0.2, 0) is 0 Å². The largest absolute Gasteiger partial charge is 0.470 e. The molecule has 1 aromatic carbocycles. The van der Waals surface area contributed by atoms with Gasteiger partial charge in [0.25, 0.3) is 5.92 Å². The van der Waals surface area contributed by atoms with Crippen molar-refractivity contribution in [1.82, 2.24) is 19.7 Å². The Morgan fingerprint density at radius 3 is 2.50 bits per heavy atom. The molecule has 3 aromatic rings. The summed E-state index contributed by atoms with van der Waals surface area (Å²) in [6.45, 7) is 7.83. The van der Waals surface area contributed by atoms with Gasteiger partial charge in [-0.2, -0.15) is 0 Å². The van der Waals surface area contributed by atoms with Gasteiger partial charge in [-0.1, -0.05) is 58.9 Å². The number of nitrogens with zero attached hydrogens (tertiary/aromatic N) is 4. The van der Waals surface area contributed by atoms with Crippen molar-refractivity contribution in [2.45, 2.75) is 46.5 Å². The maximum atomic E-state index is 14.2. The summed E-state index contributed by atoms with van der Waals surface area (Å²) in [5.41, 5.74) is 7.22. The molecule has 0 radical (unpaired) electrons. The van der Waals surface area contributed by atoms with Crippen molar-refractivity contribution >= 4 is 5.82 Å². The van der Waals surface area contributed by atoms with Crippen LogP contribution in [0.5, 0.6) is 5.88 Å². The van der Waals surface area contributed by atoms with Crippen LogP contribution < -0.4 is 10.5 Å². The third-order valence-corrected chi connectivity index (χ3v) is 4.89. The fourth-order valence-electron chi connectivity index (χ4n) is 2.84. The van der Waals surface area contributed by atoms with Gasteiger partial charge in [-0.3, -0.25) is 0 Å². The fraction of sp³-hybridized carbons (Fsp3) is 0.409. The highest BCUT2D eigenvalue weighted by Gasteiger charge is 2.44. The van der Waals surface area contributed by atoms with E-state index < -0.39 is 17.9 Å². The number of aromatic nitrogens is 4. The molecule has 3 rings (SSSR count). The van der Waals surface area contributed by atoms with E-state index in [1.54, 1.807) is 6.20 Å². The average molecular weight is 415 g/mol. The van der Waals surface area contributed by atoms with Gasteiger partial charge in [0, 0.05) is 23.2 Å². The Bertz CT molecular complexity index is 1020. The molecule has 0 fully saturated rings. The number of rotatable bonds is 6. The van der Waals surface area contributed by atoms with Crippen LogP contribution in [0, 0.1) is 5.41 Å². The lowest BCUT2D eigenvalue weighted by molar-refractivity contribution is -0.124. The molecule has 160 valence electrons. The summed E-state index contributed by atoms with van der Waals surface area (Å²) in [6, 6.07) is 9.39. The molecule has 0 unspecified atom stereocenters. The van der Waals surface area contributed by atoms with E-state index in [2.05, 4.69) is 28.9 Å². The van der Waals surface area contributed by atoms with E-state index in [4.69, 9.17) is 10.5 Å². The molecular formula is C22H27F2N5O. The summed E-state index contributed by atoms with van der Waals surface area (Å²) in [5, 5.41) is 4.27. The average Bonchev–Trinajstić information content (AvgIpc) is 3.14. The molecule has 8 heteroatoms. The minimum atomic E-state index is -3.00. The molecule has 0 saturated carbocycles. The second-order valence-corrected chi connectivity index (χ2v) is 8.55. The van der Waals surface area contributed by atoms with Gasteiger partial charge in [-0.25, -0.2) is 23.4 Å². The van der Waals surface area contributed by atoms with Crippen molar-refractivity contribution in [3.63, 3.8) is 0 Å². The number of halogens is 2. The van der Waals surface area contributed by atoms with Gasteiger partial charge in [-0.05, 0) is 11.5 Å². The van der Waals surface area contributed by atoms with Crippen molar-refractivity contribution in [3.8, 4) is 23.0 Å². The molecule has 0 saturated heterocycles. The number of nitrogens with two attached hydrogens (primary N) is 1. The second kappa shape index (κ2) is 8.01. The summed E-state index contributed by atoms with van der Waals surface area (Å²) in [4.78, 5) is 8.88. The van der Waals surface area contributed by atoms with Crippen LogP contribution in [0.2, 0.25) is 0 Å². The van der Waals surface area contributed by atoms with Crippen molar-refractivity contribution in [1.29, 1.82) is 0 Å². The van der Waals surface area contributed by atoms with E-state index >= 15 is 0 Å². The van der Waals surface area contributed by atoms with E-state index in [1.165, 1.54) is 37.7 Å². The maximum Gasteiger partial charge on any atom is 0.286 e. The van der Waals surface area contributed by atoms with Crippen LogP contribution >= 0.6 is 0 Å². The molecule has 30 heavy (non-hydrogen) atoms. The summed E-state index contributed by atoms with van der Waals surface area (Å²) in [7, 11) is 0. The maximum absolute atomic E-state index is 14.2. The smallest absolute Gasteiger partial charge is 0.286 e. The molecule has 2 heterocycles. The first-order chi connectivity index (χ1) is 14.0. The van der Waals surface area contributed by atoms with Gasteiger partial charge in [-0.15, -0.1) is 5.10 Å². The Hall–Kier alpha value is -3.03. The molecule has 0 aliphatic carbocycles. The van der Waals surface area contributed by atoms with Crippen LogP contribution in [0.1, 0.15) is 46.1 Å². The minimum absolute atomic E-state index is 0.0839. The SMILES string of the molecule is CC(C)c1ccccc1-c1nc(N)cnc1-n1ccc(OCC(F)(F)C(C)(C)C)n1. The minimum Gasteiger partial charge on any atom is -0.470 e. The molecule has 2 aromatic heterocycles. The molecule has 0 aliphatic rings. The molecule has 6 nitrogen and oxygen atoms in total. The number of anilines is 1. The van der Waals surface area contributed by atoms with Gasteiger partial charge in [0.2, 0.25) is 5.88 Å². The van der Waals surface area contributed by atoms with Crippen molar-refractivity contribution in [2.75, 3.05) is 12.3 Å². The highest BCUT2D eigenvalue weighted by Crippen LogP contribution is 2.36. The Balaban J connectivity index is 1.96. The first-order valence-corrected chi connectivity index (χ1v) is 9.78. The highest BCUT2D eigenvalue weighted by molar-refractivity contribution is 5.71. The lowest BCUT2D eigenvalue weighted by Gasteiger charge is -2.29. The summed E-state index contributed by atoms with van der Waals surface area (Å²) in [6.07, 6.45) is 3.04. The number of hydrogen-bond donors (Lipinski definition) is 1. The molecule has 0 spiro atoms. The van der Waals surface area contributed by atoms with E-state index in [0.717, 1.165) is 11.1 Å². The predicted molar refractivity (Wildman–Crippen MR) is 113 cm³/mol. The van der Waals surface area contributed by atoms with Crippen molar-refractivity contribution in [2.24, 2.45) is 5.41 Å². The number of ether oxygens (including phenoxy) is 1. The molecule has 0 atom stereocenters. The Labute approximate surface area is 175 Å². The first-order valence-electron chi connectivity index (χ1n) is 9.78. The van der Waals surface area contributed by atoms with Crippen LogP contribution in [0.3, 0.4) is 0 Å². The van der Waals surface area contributed by atoms with E-state index in [0.29, 0.717) is 11.5 Å². The molecule has 0 bridgehead atoms. The van der Waals surface area contributed by atoms with Gasteiger partial charge in [0.15, 0.2) is 12.4 Å². The number of alkyl halides is 2. The third-order valence-electron chi connectivity index (χ3n) is 4.89. The van der Waals surface area contributed by atoms with E-state index in [1.807, 2.05) is 24.3 Å². The molecular weight excluding hydrogens is 388 g/mol. The Morgan fingerprint density at radius 1 is 1.13 bits per heavy atom. The number of hydrogen-bond acceptors (Lipinski definition) is 5. The van der Waals surface area contributed by atoms with Crippen LogP contribution in [-0.4, -0.2) is 32.3 Å². The number of nitrogen functional groups attached to an aromatic ring is 1. The topological polar surface area (TPSA) is 78.8 Å². The molecule has 0 amide bonds. The molecule has 0 aliphatic heterocycles. The van der Waals surface area contributed by atoms with E-state index in [-0.39, 0.29) is 17.6 Å². The van der Waals surface area contributed by atoms with Crippen LogP contribution in [0.25, 0.3) is 17.1 Å². The Kier molecular flexibility index (Phi) is 5.78. The highest BCUT2D eigenvalue weighted by atomic mass is 19.3. The lowest BCUT2D eigenvalue weighted by Crippen LogP contribution is -2.39. The summed E-state index contributed by atoms with van der Waals surface area (Å²) in [5.74, 6) is -1.94. The predicted octanol–water partition coefficient (Wildman–Crippen LogP) is 5.10. The van der Waals surface area contributed by atoms with Crippen LogP contribution in [0.4, 0.5) is 14.6 Å². The van der Waals surface area contributed by atoms with Gasteiger partial charge in [0.05, 0.1) is 6.20 Å². The molecule has 2 N–H and O–H groups in total. The van der Waals surface area contributed by atoms with Gasteiger partial charge in [0.1, 0.15) is 11.5 Å². The van der Waals surface area contributed by atoms with Crippen molar-refractivity contribution in [3.05, 3.63) is 48.3 Å². The zero-order valence-corrected chi connectivity index (χ0v) is 17.9. The number of benzene rings is 1. The zero-order valence-electron chi connectivity index (χ0n) is 17.9. The quantitative estimate of drug-likeness (QED) is 0.606. The fourth-order valence-corrected chi connectivity index (χ4v) is 2.84. The van der Waals surface area contributed by atoms with Gasteiger partial charge >= 0.3 is 0 Å². The van der Waals surface area contributed by atoms with Crippen LogP contribution in [0.15, 0.2) is 42.7 Å². The van der Waals surface area contributed by atoms with E-state index in [9.17, 15) is 8.78 Å². The first kappa shape index (κ1) is 21.7.